The minimum atomic E-state index is -3.32. The van der Waals surface area contributed by atoms with Crippen LogP contribution < -0.4 is 15.4 Å². The van der Waals surface area contributed by atoms with E-state index in [1.54, 1.807) is 6.07 Å². The molecule has 93 valence electrons. The molecule has 2 rings (SSSR count). The van der Waals surface area contributed by atoms with Gasteiger partial charge in [0.2, 0.25) is 10.0 Å². The molecule has 17 heavy (non-hydrogen) atoms. The first-order valence-corrected chi connectivity index (χ1v) is 7.12. The van der Waals surface area contributed by atoms with E-state index in [9.17, 15) is 8.42 Å². The first-order chi connectivity index (χ1) is 8.06. The monoisotopic (exact) mass is 256 g/mol. The van der Waals surface area contributed by atoms with E-state index in [0.717, 1.165) is 12.8 Å². The molecule has 1 fully saturated rings. The standard InChI is InChI=1S/C9H14N5O2S/c1-17(15,16)14-7-2-3-12-13-9(7)8-6-10-4-5-11-8/h2-3,8,10H,4-6H2,1H3,(H,12,14). The fourth-order valence-electron chi connectivity index (χ4n) is 1.66. The smallest absolute Gasteiger partial charge is 0.229 e. The number of nitrogens with zero attached hydrogens (tertiary/aromatic N) is 3. The molecule has 1 radical (unpaired) electrons. The van der Waals surface area contributed by atoms with Crippen LogP contribution in [0, 0.1) is 0 Å². The molecule has 0 aliphatic carbocycles. The first-order valence-electron chi connectivity index (χ1n) is 5.23. The largest absolute Gasteiger partial charge is 0.313 e. The zero-order valence-electron chi connectivity index (χ0n) is 9.42. The third kappa shape index (κ3) is 3.35. The highest BCUT2D eigenvalue weighted by molar-refractivity contribution is 7.92. The number of piperazine rings is 1. The van der Waals surface area contributed by atoms with Gasteiger partial charge in [0.1, 0.15) is 5.69 Å². The van der Waals surface area contributed by atoms with E-state index in [1.807, 2.05) is 0 Å². The average molecular weight is 256 g/mol. The molecular weight excluding hydrogens is 242 g/mol. The van der Waals surface area contributed by atoms with Crippen LogP contribution in [0.15, 0.2) is 12.3 Å². The summed E-state index contributed by atoms with van der Waals surface area (Å²) < 4.78 is 24.9. The Morgan fingerprint density at radius 2 is 2.35 bits per heavy atom. The molecule has 1 aromatic heterocycles. The van der Waals surface area contributed by atoms with Crippen LogP contribution in [0.2, 0.25) is 0 Å². The summed E-state index contributed by atoms with van der Waals surface area (Å²) in [4.78, 5) is 0. The van der Waals surface area contributed by atoms with Crippen LogP contribution in [0.4, 0.5) is 5.69 Å². The van der Waals surface area contributed by atoms with Gasteiger partial charge in [-0.1, -0.05) is 0 Å². The van der Waals surface area contributed by atoms with Gasteiger partial charge in [0.05, 0.1) is 24.2 Å². The summed E-state index contributed by atoms with van der Waals surface area (Å²) in [7, 11) is -3.32. The van der Waals surface area contributed by atoms with Crippen molar-refractivity contribution < 1.29 is 8.42 Å². The highest BCUT2D eigenvalue weighted by atomic mass is 32.2. The lowest BCUT2D eigenvalue weighted by Gasteiger charge is -2.23. The van der Waals surface area contributed by atoms with Crippen molar-refractivity contribution in [1.29, 1.82) is 0 Å². The van der Waals surface area contributed by atoms with Crippen LogP contribution in [-0.2, 0) is 10.0 Å². The Morgan fingerprint density at radius 1 is 1.53 bits per heavy atom. The first kappa shape index (κ1) is 12.2. The van der Waals surface area contributed by atoms with E-state index in [-0.39, 0.29) is 6.04 Å². The van der Waals surface area contributed by atoms with Crippen LogP contribution in [0.25, 0.3) is 0 Å². The van der Waals surface area contributed by atoms with Crippen molar-refractivity contribution in [2.75, 3.05) is 30.6 Å². The van der Waals surface area contributed by atoms with Gasteiger partial charge in [-0.3, -0.25) is 4.72 Å². The molecule has 0 amide bonds. The predicted molar refractivity (Wildman–Crippen MR) is 63.1 cm³/mol. The second-order valence-corrected chi connectivity index (χ2v) is 5.58. The molecule has 1 aliphatic heterocycles. The van der Waals surface area contributed by atoms with E-state index in [4.69, 9.17) is 0 Å². The zero-order chi connectivity index (χ0) is 12.3. The minimum absolute atomic E-state index is 0.151. The van der Waals surface area contributed by atoms with E-state index in [0.29, 0.717) is 24.5 Å². The maximum Gasteiger partial charge on any atom is 0.229 e. The van der Waals surface area contributed by atoms with Crippen molar-refractivity contribution >= 4 is 15.7 Å². The second kappa shape index (κ2) is 4.94. The maximum atomic E-state index is 11.2. The van der Waals surface area contributed by atoms with E-state index in [2.05, 4.69) is 25.6 Å². The number of nitrogens with one attached hydrogen (secondary N) is 2. The lowest BCUT2D eigenvalue weighted by atomic mass is 10.1. The molecule has 1 atom stereocenters. The third-order valence-electron chi connectivity index (χ3n) is 2.34. The fourth-order valence-corrected chi connectivity index (χ4v) is 2.23. The molecule has 0 bridgehead atoms. The molecule has 1 unspecified atom stereocenters. The number of sulfonamides is 1. The van der Waals surface area contributed by atoms with Gasteiger partial charge in [-0.2, -0.15) is 10.2 Å². The molecule has 1 aromatic rings. The lowest BCUT2D eigenvalue weighted by Crippen LogP contribution is -2.39. The summed E-state index contributed by atoms with van der Waals surface area (Å²) >= 11 is 0. The molecular formula is C9H14N5O2S. The van der Waals surface area contributed by atoms with Gasteiger partial charge in [-0.15, -0.1) is 0 Å². The summed E-state index contributed by atoms with van der Waals surface area (Å²) in [6.07, 6.45) is 2.56. The molecule has 0 aromatic carbocycles. The minimum Gasteiger partial charge on any atom is -0.313 e. The summed E-state index contributed by atoms with van der Waals surface area (Å²) in [6.45, 7) is 2.18. The maximum absolute atomic E-state index is 11.2. The van der Waals surface area contributed by atoms with Crippen LogP contribution in [-0.4, -0.2) is 44.5 Å². The van der Waals surface area contributed by atoms with Gasteiger partial charge in [0.25, 0.3) is 0 Å². The molecule has 0 saturated carbocycles. The SMILES string of the molecule is CS(=O)(=O)Nc1ccnnc1C1CNCC[N]1. The Bertz CT molecular complexity index is 484. The molecule has 1 saturated heterocycles. The summed E-state index contributed by atoms with van der Waals surface area (Å²) in [5.74, 6) is 0. The van der Waals surface area contributed by atoms with E-state index < -0.39 is 10.0 Å². The Kier molecular flexibility index (Phi) is 3.55. The van der Waals surface area contributed by atoms with Gasteiger partial charge in [0.15, 0.2) is 0 Å². The van der Waals surface area contributed by atoms with Crippen LogP contribution in [0.3, 0.4) is 0 Å². The number of rotatable bonds is 3. The molecule has 0 spiro atoms. The van der Waals surface area contributed by atoms with Crippen molar-refractivity contribution in [3.63, 3.8) is 0 Å². The quantitative estimate of drug-likeness (QED) is 0.730. The number of anilines is 1. The third-order valence-corrected chi connectivity index (χ3v) is 2.93. The number of aromatic nitrogens is 2. The fraction of sp³-hybridized carbons (Fsp3) is 0.556. The second-order valence-electron chi connectivity index (χ2n) is 3.83. The molecule has 2 N–H and O–H groups in total. The summed E-state index contributed by atoms with van der Waals surface area (Å²) in [5, 5.41) is 15.3. The molecule has 8 heteroatoms. The number of hydrogen-bond acceptors (Lipinski definition) is 5. The zero-order valence-corrected chi connectivity index (χ0v) is 10.2. The van der Waals surface area contributed by atoms with Gasteiger partial charge in [-0.25, -0.2) is 13.7 Å². The average Bonchev–Trinajstić information content (AvgIpc) is 2.29. The molecule has 7 nitrogen and oxygen atoms in total. The summed E-state index contributed by atoms with van der Waals surface area (Å²) in [5.41, 5.74) is 1.00. The Labute approximate surface area is 100 Å². The van der Waals surface area contributed by atoms with Crippen LogP contribution in [0.1, 0.15) is 11.7 Å². The highest BCUT2D eigenvalue weighted by Crippen LogP contribution is 2.21. The molecule has 1 aliphatic rings. The van der Waals surface area contributed by atoms with E-state index in [1.165, 1.54) is 6.20 Å². The lowest BCUT2D eigenvalue weighted by molar-refractivity contribution is 0.413. The van der Waals surface area contributed by atoms with Gasteiger partial charge in [0, 0.05) is 19.6 Å². The molecule has 2 heterocycles. The topological polar surface area (TPSA) is 98.1 Å². The Balaban J connectivity index is 2.26. The predicted octanol–water partition coefficient (Wildman–Crippen LogP) is -0.903. The normalized spacial score (nSPS) is 21.1. The van der Waals surface area contributed by atoms with Gasteiger partial charge < -0.3 is 5.32 Å². The van der Waals surface area contributed by atoms with Crippen molar-refractivity contribution in [3.05, 3.63) is 18.0 Å². The van der Waals surface area contributed by atoms with Crippen LogP contribution in [0.5, 0.6) is 0 Å². The number of hydrogen-bond donors (Lipinski definition) is 2. The highest BCUT2D eigenvalue weighted by Gasteiger charge is 2.21. The van der Waals surface area contributed by atoms with Crippen molar-refractivity contribution in [1.82, 2.24) is 20.8 Å². The van der Waals surface area contributed by atoms with Crippen molar-refractivity contribution in [2.24, 2.45) is 0 Å². The Morgan fingerprint density at radius 3 is 3.00 bits per heavy atom. The van der Waals surface area contributed by atoms with Crippen LogP contribution >= 0.6 is 0 Å². The van der Waals surface area contributed by atoms with Gasteiger partial charge in [-0.05, 0) is 6.07 Å². The van der Waals surface area contributed by atoms with Crippen molar-refractivity contribution in [2.45, 2.75) is 6.04 Å². The van der Waals surface area contributed by atoms with E-state index >= 15 is 0 Å². The summed E-state index contributed by atoms with van der Waals surface area (Å²) in [6, 6.07) is 1.44. The van der Waals surface area contributed by atoms with Crippen molar-refractivity contribution in [3.8, 4) is 0 Å². The Hall–Kier alpha value is -1.25. The van der Waals surface area contributed by atoms with Gasteiger partial charge >= 0.3 is 0 Å².